The molecule has 0 unspecified atom stereocenters. The van der Waals surface area contributed by atoms with E-state index in [0.29, 0.717) is 12.0 Å². The molecule has 0 saturated carbocycles. The maximum atomic E-state index is 6.25. The van der Waals surface area contributed by atoms with Crippen molar-refractivity contribution < 1.29 is 18.9 Å². The number of hydrogen-bond donors (Lipinski definition) is 0. The molecule has 0 N–H and O–H groups in total. The Kier molecular flexibility index (Phi) is 6.73. The molecule has 25 heavy (non-hydrogen) atoms. The second-order valence-corrected chi connectivity index (χ2v) is 7.90. The van der Waals surface area contributed by atoms with Crippen molar-refractivity contribution in [1.29, 1.82) is 0 Å². The molecule has 142 valence electrons. The van der Waals surface area contributed by atoms with Gasteiger partial charge >= 0.3 is 0 Å². The first kappa shape index (κ1) is 19.1. The number of ether oxygens (including phenoxy) is 4. The molecule has 3 aliphatic rings. The second-order valence-electron chi connectivity index (χ2n) is 7.90. The van der Waals surface area contributed by atoms with E-state index in [1.165, 1.54) is 11.1 Å². The van der Waals surface area contributed by atoms with Crippen molar-refractivity contribution in [3.05, 3.63) is 24.3 Å². The third-order valence-corrected chi connectivity index (χ3v) is 5.84. The normalized spacial score (nSPS) is 37.6. The van der Waals surface area contributed by atoms with Crippen LogP contribution in [0.4, 0.5) is 0 Å². The molecule has 4 heteroatoms. The van der Waals surface area contributed by atoms with Crippen LogP contribution in [0.2, 0.25) is 0 Å². The van der Waals surface area contributed by atoms with Crippen LogP contribution >= 0.6 is 0 Å². The molecule has 0 aromatic heterocycles. The first-order chi connectivity index (χ1) is 12.0. The van der Waals surface area contributed by atoms with Gasteiger partial charge in [-0.25, -0.2) is 0 Å². The van der Waals surface area contributed by atoms with Crippen LogP contribution in [0.15, 0.2) is 24.3 Å². The Morgan fingerprint density at radius 2 is 1.64 bits per heavy atom. The van der Waals surface area contributed by atoms with Crippen molar-refractivity contribution in [2.45, 2.75) is 89.5 Å². The van der Waals surface area contributed by atoms with Crippen LogP contribution in [0.3, 0.4) is 0 Å². The van der Waals surface area contributed by atoms with Gasteiger partial charge in [-0.2, -0.15) is 0 Å². The van der Waals surface area contributed by atoms with Crippen molar-refractivity contribution in [1.82, 2.24) is 0 Å². The van der Waals surface area contributed by atoms with Crippen LogP contribution in [0.1, 0.15) is 58.8 Å². The first-order valence-electron chi connectivity index (χ1n) is 9.93. The Morgan fingerprint density at radius 3 is 2.36 bits per heavy atom. The smallest absolute Gasteiger partial charge is 0.157 e. The monoisotopic (exact) mass is 350 g/mol. The molecule has 0 amide bonds. The van der Waals surface area contributed by atoms with Gasteiger partial charge < -0.3 is 18.9 Å². The molecule has 3 aliphatic heterocycles. The molecular formula is C21H34O4. The molecule has 5 atom stereocenters. The van der Waals surface area contributed by atoms with Crippen LogP contribution in [-0.2, 0) is 18.9 Å². The molecule has 3 fully saturated rings. The molecule has 3 rings (SSSR count). The van der Waals surface area contributed by atoms with Crippen LogP contribution < -0.4 is 0 Å². The lowest BCUT2D eigenvalue weighted by Gasteiger charge is -2.34. The average Bonchev–Trinajstić information content (AvgIpc) is 2.96. The molecule has 4 nitrogen and oxygen atoms in total. The van der Waals surface area contributed by atoms with Crippen LogP contribution in [0.25, 0.3) is 0 Å². The lowest BCUT2D eigenvalue weighted by Crippen LogP contribution is -2.32. The minimum Gasteiger partial charge on any atom is -0.371 e. The molecule has 0 radical (unpaired) electrons. The largest absolute Gasteiger partial charge is 0.371 e. The second kappa shape index (κ2) is 8.81. The summed E-state index contributed by atoms with van der Waals surface area (Å²) in [5.74, 6) is 0.546. The van der Waals surface area contributed by atoms with Gasteiger partial charge in [0.15, 0.2) is 6.29 Å². The highest BCUT2D eigenvalue weighted by molar-refractivity contribution is 5.11. The van der Waals surface area contributed by atoms with E-state index in [2.05, 4.69) is 27.0 Å². The molecule has 0 bridgehead atoms. The van der Waals surface area contributed by atoms with E-state index in [1.807, 2.05) is 0 Å². The summed E-state index contributed by atoms with van der Waals surface area (Å²) in [6.45, 7) is 14.4. The van der Waals surface area contributed by atoms with Gasteiger partial charge in [-0.1, -0.05) is 20.1 Å². The highest BCUT2D eigenvalue weighted by atomic mass is 16.7. The Morgan fingerprint density at radius 1 is 0.920 bits per heavy atom. The highest BCUT2D eigenvalue weighted by Gasteiger charge is 2.32. The molecular weight excluding hydrogens is 316 g/mol. The van der Waals surface area contributed by atoms with E-state index in [9.17, 15) is 0 Å². The van der Waals surface area contributed by atoms with Crippen molar-refractivity contribution >= 4 is 0 Å². The minimum atomic E-state index is -0.0450. The van der Waals surface area contributed by atoms with E-state index in [0.717, 1.165) is 58.2 Å². The molecule has 0 spiro atoms. The third-order valence-electron chi connectivity index (χ3n) is 5.84. The lowest BCUT2D eigenvalue weighted by molar-refractivity contribution is -0.184. The van der Waals surface area contributed by atoms with Crippen LogP contribution in [0.5, 0.6) is 0 Å². The fraction of sp³-hybridized carbons (Fsp3) is 0.810. The van der Waals surface area contributed by atoms with Gasteiger partial charge in [0.2, 0.25) is 0 Å². The molecule has 0 aromatic rings. The Hall–Kier alpha value is -0.680. The predicted octanol–water partition coefficient (Wildman–Crippen LogP) is 4.39. The van der Waals surface area contributed by atoms with Gasteiger partial charge in [-0.15, -0.1) is 0 Å². The zero-order chi connectivity index (χ0) is 17.8. The number of hydrogen-bond acceptors (Lipinski definition) is 4. The van der Waals surface area contributed by atoms with Crippen molar-refractivity contribution in [3.63, 3.8) is 0 Å². The van der Waals surface area contributed by atoms with Crippen molar-refractivity contribution in [2.24, 2.45) is 5.92 Å². The summed E-state index contributed by atoms with van der Waals surface area (Å²) in [5.41, 5.74) is 2.46. The summed E-state index contributed by atoms with van der Waals surface area (Å²) in [7, 11) is 0. The maximum absolute atomic E-state index is 6.25. The van der Waals surface area contributed by atoms with Gasteiger partial charge in [0, 0.05) is 6.42 Å². The minimum absolute atomic E-state index is 0.0450. The Balaban J connectivity index is 1.38. The molecule has 0 aromatic carbocycles. The van der Waals surface area contributed by atoms with Gasteiger partial charge in [0.05, 0.1) is 37.6 Å². The van der Waals surface area contributed by atoms with Crippen molar-refractivity contribution in [2.75, 3.05) is 13.2 Å². The maximum Gasteiger partial charge on any atom is 0.157 e. The fourth-order valence-corrected chi connectivity index (χ4v) is 4.17. The van der Waals surface area contributed by atoms with E-state index in [1.54, 1.807) is 0 Å². The Labute approximate surface area is 152 Å². The lowest BCUT2D eigenvalue weighted by atomic mass is 9.87. The summed E-state index contributed by atoms with van der Waals surface area (Å²) in [6, 6.07) is 0. The quantitative estimate of drug-likeness (QED) is 0.666. The molecule has 0 aliphatic carbocycles. The zero-order valence-corrected chi connectivity index (χ0v) is 15.9. The molecule has 3 saturated heterocycles. The summed E-state index contributed by atoms with van der Waals surface area (Å²) >= 11 is 0. The van der Waals surface area contributed by atoms with Crippen molar-refractivity contribution in [3.8, 4) is 0 Å². The van der Waals surface area contributed by atoms with Gasteiger partial charge in [-0.3, -0.25) is 0 Å². The number of rotatable bonds is 6. The zero-order valence-electron chi connectivity index (χ0n) is 15.9. The fourth-order valence-electron chi connectivity index (χ4n) is 4.17. The van der Waals surface area contributed by atoms with E-state index in [4.69, 9.17) is 18.9 Å². The SMILES string of the molecule is C=C1C[C@H](CCC2OCCCO2)O[C@H]1CC[C@H]1C[C@@H](C)C(=C)[C@@H](C)O1. The molecule has 3 heterocycles. The highest BCUT2D eigenvalue weighted by Crippen LogP contribution is 2.34. The van der Waals surface area contributed by atoms with E-state index >= 15 is 0 Å². The standard InChI is InChI=1S/C21H34O4/c1-14-12-18(24-17(4)16(14)3)6-8-20-15(2)13-19(25-20)7-9-21-22-10-5-11-23-21/h14,17-21H,2-3,5-13H2,1,4H3/t14-,17-,18+,19+,20+/m1/s1. The predicted molar refractivity (Wildman–Crippen MR) is 98.5 cm³/mol. The van der Waals surface area contributed by atoms with Crippen LogP contribution in [0, 0.1) is 5.92 Å². The van der Waals surface area contributed by atoms with Gasteiger partial charge in [0.25, 0.3) is 0 Å². The van der Waals surface area contributed by atoms with E-state index < -0.39 is 0 Å². The van der Waals surface area contributed by atoms with Crippen LogP contribution in [-0.4, -0.2) is 43.9 Å². The average molecular weight is 350 g/mol. The van der Waals surface area contributed by atoms with Gasteiger partial charge in [0.1, 0.15) is 0 Å². The summed E-state index contributed by atoms with van der Waals surface area (Å²) in [5, 5.41) is 0. The summed E-state index contributed by atoms with van der Waals surface area (Å²) < 4.78 is 23.6. The third kappa shape index (κ3) is 5.16. The topological polar surface area (TPSA) is 36.9 Å². The first-order valence-corrected chi connectivity index (χ1v) is 9.93. The summed E-state index contributed by atoms with van der Waals surface area (Å²) in [6.07, 6.45) is 7.85. The van der Waals surface area contributed by atoms with E-state index in [-0.39, 0.29) is 24.6 Å². The Bertz CT molecular complexity index is 455. The summed E-state index contributed by atoms with van der Waals surface area (Å²) in [4.78, 5) is 0. The van der Waals surface area contributed by atoms with Gasteiger partial charge in [-0.05, 0) is 62.5 Å².